The van der Waals surface area contributed by atoms with E-state index in [1.165, 1.54) is 11.1 Å². The lowest BCUT2D eigenvalue weighted by Crippen LogP contribution is -2.19. The van der Waals surface area contributed by atoms with Gasteiger partial charge in [-0.25, -0.2) is 0 Å². The molecule has 0 fully saturated rings. The summed E-state index contributed by atoms with van der Waals surface area (Å²) in [6, 6.07) is 18.0. The van der Waals surface area contributed by atoms with Crippen LogP contribution in [0.1, 0.15) is 17.5 Å². The highest BCUT2D eigenvalue weighted by Gasteiger charge is 2.00. The Bertz CT molecular complexity index is 478. The zero-order valence-corrected chi connectivity index (χ0v) is 11.4. The van der Waals surface area contributed by atoms with Gasteiger partial charge in [-0.1, -0.05) is 42.5 Å². The molecule has 0 atom stereocenters. The van der Waals surface area contributed by atoms with Gasteiger partial charge in [0.2, 0.25) is 0 Å². The first-order valence-corrected chi connectivity index (χ1v) is 6.74. The first-order valence-electron chi connectivity index (χ1n) is 6.74. The van der Waals surface area contributed by atoms with Gasteiger partial charge in [0.1, 0.15) is 5.75 Å². The van der Waals surface area contributed by atoms with E-state index in [2.05, 4.69) is 36.2 Å². The smallest absolute Gasteiger partial charge is 0.115 e. The Hall–Kier alpha value is -1.80. The molecule has 0 saturated heterocycles. The van der Waals surface area contributed by atoms with Crippen molar-refractivity contribution in [2.24, 2.45) is 0 Å². The second-order valence-corrected chi connectivity index (χ2v) is 4.99. The zero-order valence-electron chi connectivity index (χ0n) is 11.4. The van der Waals surface area contributed by atoms with Crippen LogP contribution in [0.2, 0.25) is 0 Å². The van der Waals surface area contributed by atoms with Crippen molar-refractivity contribution in [2.45, 2.75) is 19.4 Å². The molecule has 0 unspecified atom stereocenters. The van der Waals surface area contributed by atoms with Gasteiger partial charge in [-0.2, -0.15) is 0 Å². The Morgan fingerprint density at radius 1 is 0.895 bits per heavy atom. The Morgan fingerprint density at radius 2 is 1.58 bits per heavy atom. The molecule has 19 heavy (non-hydrogen) atoms. The second-order valence-electron chi connectivity index (χ2n) is 4.99. The van der Waals surface area contributed by atoms with E-state index in [1.54, 1.807) is 12.1 Å². The fourth-order valence-corrected chi connectivity index (χ4v) is 2.19. The maximum Gasteiger partial charge on any atom is 0.115 e. The number of aryl methyl sites for hydroxylation is 1. The fraction of sp³-hybridized carbons (Fsp3) is 0.294. The lowest BCUT2D eigenvalue weighted by molar-refractivity contribution is 0.322. The van der Waals surface area contributed by atoms with Crippen LogP contribution in [0.3, 0.4) is 0 Å². The summed E-state index contributed by atoms with van der Waals surface area (Å²) < 4.78 is 0. The summed E-state index contributed by atoms with van der Waals surface area (Å²) in [5.74, 6) is 0.338. The van der Waals surface area contributed by atoms with E-state index in [0.29, 0.717) is 5.75 Å². The minimum atomic E-state index is 0.338. The number of benzene rings is 2. The SMILES string of the molecule is CN(CCCc1ccc(O)cc1)Cc1ccccc1. The maximum atomic E-state index is 9.23. The van der Waals surface area contributed by atoms with Crippen molar-refractivity contribution < 1.29 is 5.11 Å². The molecule has 0 aromatic heterocycles. The lowest BCUT2D eigenvalue weighted by atomic mass is 10.1. The number of rotatable bonds is 6. The van der Waals surface area contributed by atoms with Gasteiger partial charge in [-0.05, 0) is 49.7 Å². The molecule has 2 aromatic rings. The van der Waals surface area contributed by atoms with Gasteiger partial charge in [0.25, 0.3) is 0 Å². The summed E-state index contributed by atoms with van der Waals surface area (Å²) in [6.07, 6.45) is 2.19. The molecule has 0 aliphatic rings. The van der Waals surface area contributed by atoms with Crippen LogP contribution >= 0.6 is 0 Å². The summed E-state index contributed by atoms with van der Waals surface area (Å²) in [4.78, 5) is 2.34. The maximum absolute atomic E-state index is 9.23. The van der Waals surface area contributed by atoms with E-state index in [1.807, 2.05) is 18.2 Å². The monoisotopic (exact) mass is 255 g/mol. The molecule has 2 aromatic carbocycles. The third kappa shape index (κ3) is 4.76. The fourth-order valence-electron chi connectivity index (χ4n) is 2.19. The Morgan fingerprint density at radius 3 is 2.26 bits per heavy atom. The van der Waals surface area contributed by atoms with Crippen molar-refractivity contribution in [1.82, 2.24) is 4.90 Å². The average molecular weight is 255 g/mol. The molecule has 100 valence electrons. The number of nitrogens with zero attached hydrogens (tertiary/aromatic N) is 1. The quantitative estimate of drug-likeness (QED) is 0.854. The van der Waals surface area contributed by atoms with Crippen LogP contribution in [0.5, 0.6) is 5.75 Å². The molecule has 0 radical (unpaired) electrons. The molecule has 2 heteroatoms. The minimum Gasteiger partial charge on any atom is -0.508 e. The largest absolute Gasteiger partial charge is 0.508 e. The second kappa shape index (κ2) is 6.95. The average Bonchev–Trinajstić information content (AvgIpc) is 2.42. The predicted octanol–water partition coefficient (Wildman–Crippen LogP) is 3.46. The Balaban J connectivity index is 1.72. The van der Waals surface area contributed by atoms with E-state index >= 15 is 0 Å². The van der Waals surface area contributed by atoms with Gasteiger partial charge >= 0.3 is 0 Å². The third-order valence-electron chi connectivity index (χ3n) is 3.24. The Kier molecular flexibility index (Phi) is 4.99. The third-order valence-corrected chi connectivity index (χ3v) is 3.24. The number of phenolic OH excluding ortho intramolecular Hbond substituents is 1. The van der Waals surface area contributed by atoms with Gasteiger partial charge in [0, 0.05) is 6.54 Å². The standard InChI is InChI=1S/C17H21NO/c1-18(14-16-6-3-2-4-7-16)13-5-8-15-9-11-17(19)12-10-15/h2-4,6-7,9-12,19H,5,8,13-14H2,1H3. The van der Waals surface area contributed by atoms with Gasteiger partial charge in [0.15, 0.2) is 0 Å². The highest BCUT2D eigenvalue weighted by atomic mass is 16.3. The number of phenols is 1. The number of hydrogen-bond donors (Lipinski definition) is 1. The predicted molar refractivity (Wildman–Crippen MR) is 79.2 cm³/mol. The Labute approximate surface area is 115 Å². The normalized spacial score (nSPS) is 10.8. The molecular weight excluding hydrogens is 234 g/mol. The molecule has 2 nitrogen and oxygen atoms in total. The van der Waals surface area contributed by atoms with E-state index in [-0.39, 0.29) is 0 Å². The lowest BCUT2D eigenvalue weighted by Gasteiger charge is -2.16. The summed E-state index contributed by atoms with van der Waals surface area (Å²) >= 11 is 0. The van der Waals surface area contributed by atoms with E-state index in [0.717, 1.165) is 25.9 Å². The van der Waals surface area contributed by atoms with Crippen molar-refractivity contribution >= 4 is 0 Å². The molecule has 0 spiro atoms. The van der Waals surface area contributed by atoms with E-state index in [4.69, 9.17) is 0 Å². The van der Waals surface area contributed by atoms with Crippen LogP contribution in [-0.4, -0.2) is 23.6 Å². The first-order chi connectivity index (χ1) is 9.24. The first kappa shape index (κ1) is 13.6. The zero-order chi connectivity index (χ0) is 13.5. The molecule has 0 aliphatic carbocycles. The summed E-state index contributed by atoms with van der Waals surface area (Å²) in [5.41, 5.74) is 2.64. The van der Waals surface area contributed by atoms with Crippen LogP contribution in [-0.2, 0) is 13.0 Å². The summed E-state index contributed by atoms with van der Waals surface area (Å²) in [6.45, 7) is 2.08. The molecule has 1 N–H and O–H groups in total. The summed E-state index contributed by atoms with van der Waals surface area (Å²) in [5, 5.41) is 9.23. The number of hydrogen-bond acceptors (Lipinski definition) is 2. The van der Waals surface area contributed by atoms with Gasteiger partial charge in [-0.15, -0.1) is 0 Å². The highest BCUT2D eigenvalue weighted by Crippen LogP contribution is 2.11. The topological polar surface area (TPSA) is 23.5 Å². The summed E-state index contributed by atoms with van der Waals surface area (Å²) in [7, 11) is 2.16. The minimum absolute atomic E-state index is 0.338. The molecule has 0 aliphatic heterocycles. The van der Waals surface area contributed by atoms with E-state index in [9.17, 15) is 5.11 Å². The van der Waals surface area contributed by atoms with Crippen LogP contribution in [0, 0.1) is 0 Å². The molecule has 0 saturated carbocycles. The van der Waals surface area contributed by atoms with E-state index < -0.39 is 0 Å². The van der Waals surface area contributed by atoms with Crippen LogP contribution in [0.15, 0.2) is 54.6 Å². The van der Waals surface area contributed by atoms with Crippen molar-refractivity contribution in [1.29, 1.82) is 0 Å². The van der Waals surface area contributed by atoms with Crippen LogP contribution in [0.4, 0.5) is 0 Å². The number of aromatic hydroxyl groups is 1. The molecule has 0 bridgehead atoms. The van der Waals surface area contributed by atoms with Gasteiger partial charge in [-0.3, -0.25) is 0 Å². The van der Waals surface area contributed by atoms with Crippen LogP contribution < -0.4 is 0 Å². The molecule has 0 amide bonds. The van der Waals surface area contributed by atoms with Crippen molar-refractivity contribution in [3.8, 4) is 5.75 Å². The van der Waals surface area contributed by atoms with Gasteiger partial charge < -0.3 is 10.0 Å². The molecule has 0 heterocycles. The van der Waals surface area contributed by atoms with Crippen molar-refractivity contribution in [2.75, 3.05) is 13.6 Å². The molecular formula is C17H21NO. The highest BCUT2D eigenvalue weighted by molar-refractivity contribution is 5.25. The van der Waals surface area contributed by atoms with Crippen molar-refractivity contribution in [3.63, 3.8) is 0 Å². The van der Waals surface area contributed by atoms with Crippen LogP contribution in [0.25, 0.3) is 0 Å². The van der Waals surface area contributed by atoms with Gasteiger partial charge in [0.05, 0.1) is 0 Å². The van der Waals surface area contributed by atoms with Crippen molar-refractivity contribution in [3.05, 3.63) is 65.7 Å². The molecule has 2 rings (SSSR count).